The number of nitrogens with zero attached hydrogens (tertiary/aromatic N) is 1. The number of fused-ring (bicyclic) bond motifs is 1. The molecule has 1 saturated carbocycles. The van der Waals surface area contributed by atoms with Crippen LogP contribution in [0.25, 0.3) is 0 Å². The van der Waals surface area contributed by atoms with Gasteiger partial charge in [0.1, 0.15) is 0 Å². The van der Waals surface area contributed by atoms with E-state index in [0.717, 1.165) is 18.4 Å². The number of aromatic carboxylic acids is 1. The van der Waals surface area contributed by atoms with E-state index in [1.165, 1.54) is 0 Å². The van der Waals surface area contributed by atoms with Crippen molar-refractivity contribution in [2.45, 2.75) is 37.8 Å². The molecule has 1 aliphatic heterocycles. The second kappa shape index (κ2) is 6.20. The number of ketones is 1. The Hall–Kier alpha value is -2.66. The number of hydrogen-bond donors (Lipinski definition) is 1. The number of benzene rings is 2. The van der Waals surface area contributed by atoms with E-state index in [1.54, 1.807) is 54.3 Å². The summed E-state index contributed by atoms with van der Waals surface area (Å²) in [5.74, 6) is -1.20. The van der Waals surface area contributed by atoms with Crippen molar-refractivity contribution in [2.75, 3.05) is 0 Å². The molecule has 1 aliphatic carbocycles. The number of halogens is 1. The quantitative estimate of drug-likeness (QED) is 0.877. The van der Waals surface area contributed by atoms with E-state index in [9.17, 15) is 14.4 Å². The van der Waals surface area contributed by atoms with Crippen LogP contribution in [0.15, 0.2) is 42.5 Å². The summed E-state index contributed by atoms with van der Waals surface area (Å²) in [5.41, 5.74) is 1.65. The minimum Gasteiger partial charge on any atom is -0.478 e. The Balaban J connectivity index is 1.79. The molecule has 2 aromatic rings. The zero-order valence-electron chi connectivity index (χ0n) is 14.7. The first-order chi connectivity index (χ1) is 12.8. The summed E-state index contributed by atoms with van der Waals surface area (Å²) in [6.07, 6.45) is 1.66. The van der Waals surface area contributed by atoms with Gasteiger partial charge in [0.15, 0.2) is 5.78 Å². The highest BCUT2D eigenvalue weighted by Gasteiger charge is 2.55. The van der Waals surface area contributed by atoms with Crippen LogP contribution in [0.2, 0.25) is 5.02 Å². The van der Waals surface area contributed by atoms with Crippen LogP contribution in [-0.2, 0) is 16.8 Å². The number of hydrogen-bond acceptors (Lipinski definition) is 3. The number of Topliss-reactive ketones (excluding diaryl/α,β-unsaturated/α-hetero) is 1. The van der Waals surface area contributed by atoms with Crippen LogP contribution in [0.4, 0.5) is 0 Å². The van der Waals surface area contributed by atoms with Crippen molar-refractivity contribution >= 4 is 29.3 Å². The molecule has 138 valence electrons. The van der Waals surface area contributed by atoms with Crippen LogP contribution in [0.1, 0.15) is 51.6 Å². The van der Waals surface area contributed by atoms with Gasteiger partial charge in [-0.1, -0.05) is 23.7 Å². The van der Waals surface area contributed by atoms with E-state index >= 15 is 0 Å². The van der Waals surface area contributed by atoms with Gasteiger partial charge in [0.2, 0.25) is 0 Å². The Labute approximate surface area is 161 Å². The molecule has 1 amide bonds. The Morgan fingerprint density at radius 3 is 2.41 bits per heavy atom. The van der Waals surface area contributed by atoms with Crippen LogP contribution < -0.4 is 0 Å². The molecule has 6 heteroatoms. The fourth-order valence-corrected chi connectivity index (χ4v) is 4.17. The average Bonchev–Trinajstić information content (AvgIpc) is 3.43. The molecule has 1 fully saturated rings. The summed E-state index contributed by atoms with van der Waals surface area (Å²) in [4.78, 5) is 39.0. The molecule has 27 heavy (non-hydrogen) atoms. The van der Waals surface area contributed by atoms with Crippen molar-refractivity contribution in [3.63, 3.8) is 0 Å². The van der Waals surface area contributed by atoms with Crippen molar-refractivity contribution in [3.05, 3.63) is 69.7 Å². The van der Waals surface area contributed by atoms with Crippen molar-refractivity contribution in [1.29, 1.82) is 0 Å². The summed E-state index contributed by atoms with van der Waals surface area (Å²) in [6.45, 7) is 1.76. The van der Waals surface area contributed by atoms with Crippen LogP contribution in [0.3, 0.4) is 0 Å². The Morgan fingerprint density at radius 1 is 1.15 bits per heavy atom. The lowest BCUT2D eigenvalue weighted by atomic mass is 9.98. The largest absolute Gasteiger partial charge is 0.478 e. The SMILES string of the molecule is CC1C(=O)Cc2cc(Cl)ccc2C(=O)N1C1(c2ccc(C(=O)O)cc2)CC1. The molecule has 1 N–H and O–H groups in total. The van der Waals surface area contributed by atoms with Gasteiger partial charge >= 0.3 is 5.97 Å². The maximum atomic E-state index is 13.4. The van der Waals surface area contributed by atoms with E-state index in [0.29, 0.717) is 16.1 Å². The maximum Gasteiger partial charge on any atom is 0.335 e. The van der Waals surface area contributed by atoms with E-state index in [-0.39, 0.29) is 23.7 Å². The molecular weight excluding hydrogens is 366 g/mol. The molecule has 5 nitrogen and oxygen atoms in total. The molecule has 4 rings (SSSR count). The van der Waals surface area contributed by atoms with E-state index < -0.39 is 17.6 Å². The third-order valence-electron chi connectivity index (χ3n) is 5.59. The first kappa shape index (κ1) is 17.7. The van der Waals surface area contributed by atoms with Gasteiger partial charge in [0.05, 0.1) is 17.1 Å². The number of carbonyl (C=O) groups is 3. The third kappa shape index (κ3) is 2.82. The highest BCUT2D eigenvalue weighted by atomic mass is 35.5. The number of rotatable bonds is 3. The average molecular weight is 384 g/mol. The Bertz CT molecular complexity index is 963. The maximum absolute atomic E-state index is 13.4. The van der Waals surface area contributed by atoms with Gasteiger partial charge < -0.3 is 10.0 Å². The van der Waals surface area contributed by atoms with E-state index in [4.69, 9.17) is 16.7 Å². The van der Waals surface area contributed by atoms with Gasteiger partial charge in [-0.05, 0) is 61.2 Å². The van der Waals surface area contributed by atoms with Crippen LogP contribution in [0, 0.1) is 0 Å². The summed E-state index contributed by atoms with van der Waals surface area (Å²) < 4.78 is 0. The second-order valence-electron chi connectivity index (χ2n) is 7.21. The van der Waals surface area contributed by atoms with Gasteiger partial charge in [-0.3, -0.25) is 9.59 Å². The number of amides is 1. The highest BCUT2D eigenvalue weighted by Crippen LogP contribution is 2.53. The summed E-state index contributed by atoms with van der Waals surface area (Å²) in [6, 6.07) is 11.0. The normalized spacial score (nSPS) is 20.8. The standard InChI is InChI=1S/C21H18ClNO4/c1-12-18(24)11-14-10-16(22)6-7-17(14)19(25)23(12)21(8-9-21)15-4-2-13(3-5-15)20(26)27/h2-7,10,12H,8-9,11H2,1H3,(H,26,27). The highest BCUT2D eigenvalue weighted by molar-refractivity contribution is 6.30. The molecular formula is C21H18ClNO4. The molecule has 0 aromatic heterocycles. The van der Waals surface area contributed by atoms with Gasteiger partial charge in [-0.25, -0.2) is 4.79 Å². The van der Waals surface area contributed by atoms with E-state index in [2.05, 4.69) is 0 Å². The fraction of sp³-hybridized carbons (Fsp3) is 0.286. The minimum atomic E-state index is -0.994. The lowest BCUT2D eigenvalue weighted by Gasteiger charge is -2.36. The van der Waals surface area contributed by atoms with Crippen molar-refractivity contribution in [2.24, 2.45) is 0 Å². The molecule has 0 spiro atoms. The number of carboxylic acids is 1. The van der Waals surface area contributed by atoms with Gasteiger partial charge in [0.25, 0.3) is 5.91 Å². The predicted octanol–water partition coefficient (Wildman–Crippen LogP) is 3.68. The minimum absolute atomic E-state index is 0.0298. The second-order valence-corrected chi connectivity index (χ2v) is 7.65. The van der Waals surface area contributed by atoms with Crippen LogP contribution >= 0.6 is 11.6 Å². The zero-order valence-corrected chi connectivity index (χ0v) is 15.5. The number of carbonyl (C=O) groups excluding carboxylic acids is 2. The molecule has 1 heterocycles. The first-order valence-corrected chi connectivity index (χ1v) is 9.20. The smallest absolute Gasteiger partial charge is 0.335 e. The Morgan fingerprint density at radius 2 is 1.81 bits per heavy atom. The van der Waals surface area contributed by atoms with Crippen LogP contribution in [0.5, 0.6) is 0 Å². The third-order valence-corrected chi connectivity index (χ3v) is 5.82. The lowest BCUT2D eigenvalue weighted by Crippen LogP contribution is -2.48. The first-order valence-electron chi connectivity index (χ1n) is 8.82. The van der Waals surface area contributed by atoms with Gasteiger partial charge in [0, 0.05) is 17.0 Å². The summed E-state index contributed by atoms with van der Waals surface area (Å²) in [5, 5.41) is 9.61. The van der Waals surface area contributed by atoms with Gasteiger partial charge in [-0.2, -0.15) is 0 Å². The van der Waals surface area contributed by atoms with Crippen LogP contribution in [-0.4, -0.2) is 33.7 Å². The van der Waals surface area contributed by atoms with Crippen molar-refractivity contribution in [1.82, 2.24) is 4.90 Å². The van der Waals surface area contributed by atoms with E-state index in [1.807, 2.05) is 0 Å². The van der Waals surface area contributed by atoms with Crippen molar-refractivity contribution in [3.8, 4) is 0 Å². The lowest BCUT2D eigenvalue weighted by molar-refractivity contribution is -0.123. The van der Waals surface area contributed by atoms with Gasteiger partial charge in [-0.15, -0.1) is 0 Å². The fourth-order valence-electron chi connectivity index (χ4n) is 3.98. The Kier molecular flexibility index (Phi) is 4.07. The molecule has 0 radical (unpaired) electrons. The zero-order chi connectivity index (χ0) is 19.3. The van der Waals surface area contributed by atoms with Crippen molar-refractivity contribution < 1.29 is 19.5 Å². The topological polar surface area (TPSA) is 74.7 Å². The summed E-state index contributed by atoms with van der Waals surface area (Å²) in [7, 11) is 0. The molecule has 2 aromatic carbocycles. The monoisotopic (exact) mass is 383 g/mol. The molecule has 1 atom stereocenters. The summed E-state index contributed by atoms with van der Waals surface area (Å²) >= 11 is 6.05. The molecule has 0 bridgehead atoms. The molecule has 0 saturated heterocycles. The number of carboxylic acid groups (broad SMARTS) is 1. The molecule has 2 aliphatic rings. The molecule has 1 unspecified atom stereocenters. The predicted molar refractivity (Wildman–Crippen MR) is 100 cm³/mol.